The van der Waals surface area contributed by atoms with Gasteiger partial charge in [0.15, 0.2) is 4.77 Å². The van der Waals surface area contributed by atoms with Crippen LogP contribution in [0.25, 0.3) is 0 Å². The van der Waals surface area contributed by atoms with Gasteiger partial charge in [-0.2, -0.15) is 5.10 Å². The van der Waals surface area contributed by atoms with Gasteiger partial charge in [0.05, 0.1) is 0 Å². The average Bonchev–Trinajstić information content (AvgIpc) is 2.68. The lowest BCUT2D eigenvalue weighted by atomic mass is 9.92. The van der Waals surface area contributed by atoms with Crippen molar-refractivity contribution in [3.63, 3.8) is 0 Å². The fourth-order valence-corrected chi connectivity index (χ4v) is 3.32. The molecule has 0 radical (unpaired) electrons. The molecule has 1 aliphatic rings. The Morgan fingerprint density at radius 1 is 1.42 bits per heavy atom. The highest BCUT2D eigenvalue weighted by Crippen LogP contribution is 2.20. The average molecular weight is 280 g/mol. The number of hydrogen-bond acceptors (Lipinski definition) is 3. The van der Waals surface area contributed by atoms with Gasteiger partial charge >= 0.3 is 0 Å². The fraction of sp³-hybridized carbons (Fsp3) is 0.714. The van der Waals surface area contributed by atoms with Gasteiger partial charge in [0, 0.05) is 32.6 Å². The van der Waals surface area contributed by atoms with Crippen LogP contribution < -0.4 is 0 Å². The van der Waals surface area contributed by atoms with Crippen LogP contribution in [-0.4, -0.2) is 39.3 Å². The molecule has 2 rings (SSSR count). The van der Waals surface area contributed by atoms with E-state index in [1.54, 1.807) is 0 Å². The zero-order valence-corrected chi connectivity index (χ0v) is 12.7. The van der Waals surface area contributed by atoms with Crippen LogP contribution in [-0.2, 0) is 13.0 Å². The summed E-state index contributed by atoms with van der Waals surface area (Å²) in [6.45, 7) is 12.7. The molecule has 1 aliphatic heterocycles. The topological polar surface area (TPSA) is 36.9 Å². The third-order valence-electron chi connectivity index (χ3n) is 3.75. The van der Waals surface area contributed by atoms with Crippen molar-refractivity contribution in [3.05, 3.63) is 23.3 Å². The van der Waals surface area contributed by atoms with E-state index < -0.39 is 0 Å². The van der Waals surface area contributed by atoms with Gasteiger partial charge in [0.25, 0.3) is 0 Å². The van der Waals surface area contributed by atoms with E-state index in [2.05, 4.69) is 35.5 Å². The minimum Gasteiger partial charge on any atom is -0.302 e. The molecule has 0 aromatic carbocycles. The first-order chi connectivity index (χ1) is 9.10. The number of rotatable bonds is 5. The summed E-state index contributed by atoms with van der Waals surface area (Å²) < 4.78 is 2.72. The molecule has 1 fully saturated rings. The number of piperidine rings is 1. The van der Waals surface area contributed by atoms with E-state index in [-0.39, 0.29) is 0 Å². The van der Waals surface area contributed by atoms with E-state index in [0.717, 1.165) is 37.2 Å². The third-order valence-corrected chi connectivity index (χ3v) is 4.06. The molecule has 0 aliphatic carbocycles. The number of aromatic amines is 1. The van der Waals surface area contributed by atoms with E-state index >= 15 is 0 Å². The van der Waals surface area contributed by atoms with Gasteiger partial charge in [-0.15, -0.1) is 6.58 Å². The molecule has 1 saturated heterocycles. The predicted octanol–water partition coefficient (Wildman–Crippen LogP) is 2.65. The van der Waals surface area contributed by atoms with Crippen LogP contribution in [0.3, 0.4) is 0 Å². The van der Waals surface area contributed by atoms with Crippen molar-refractivity contribution in [1.82, 2.24) is 19.7 Å². The maximum atomic E-state index is 5.23. The lowest BCUT2D eigenvalue weighted by Crippen LogP contribution is -2.39. The van der Waals surface area contributed by atoms with E-state index in [1.807, 2.05) is 10.6 Å². The number of aromatic nitrogens is 3. The minimum absolute atomic E-state index is 0.690. The number of H-pyrrole nitrogens is 1. The summed E-state index contributed by atoms with van der Waals surface area (Å²) in [4.78, 5) is 2.55. The van der Waals surface area contributed by atoms with Crippen molar-refractivity contribution in [3.8, 4) is 0 Å². The third kappa shape index (κ3) is 3.76. The summed E-state index contributed by atoms with van der Waals surface area (Å²) >= 11 is 5.23. The second-order valence-electron chi connectivity index (χ2n) is 5.80. The Balaban J connectivity index is 1.95. The SMILES string of the molecule is C=CCn1c(CCN2C[C@H](C)C[C@@H](C)C2)n[nH]c1=S. The Morgan fingerprint density at radius 3 is 2.74 bits per heavy atom. The molecule has 106 valence electrons. The monoisotopic (exact) mass is 280 g/mol. The normalized spacial score (nSPS) is 24.5. The lowest BCUT2D eigenvalue weighted by Gasteiger charge is -2.34. The number of hydrogen-bond donors (Lipinski definition) is 1. The minimum atomic E-state index is 0.690. The zero-order chi connectivity index (χ0) is 13.8. The lowest BCUT2D eigenvalue weighted by molar-refractivity contribution is 0.141. The Hall–Kier alpha value is -0.940. The highest BCUT2D eigenvalue weighted by molar-refractivity contribution is 7.71. The Labute approximate surface area is 120 Å². The van der Waals surface area contributed by atoms with Gasteiger partial charge in [0.2, 0.25) is 0 Å². The summed E-state index contributed by atoms with van der Waals surface area (Å²) in [5.41, 5.74) is 0. The highest BCUT2D eigenvalue weighted by atomic mass is 32.1. The first-order valence-electron chi connectivity index (χ1n) is 7.07. The van der Waals surface area contributed by atoms with Gasteiger partial charge in [-0.25, -0.2) is 0 Å². The van der Waals surface area contributed by atoms with Gasteiger partial charge in [-0.1, -0.05) is 19.9 Å². The molecule has 19 heavy (non-hydrogen) atoms. The second kappa shape index (κ2) is 6.48. The van der Waals surface area contributed by atoms with Crippen molar-refractivity contribution in [2.75, 3.05) is 19.6 Å². The molecule has 0 unspecified atom stereocenters. The van der Waals surface area contributed by atoms with Crippen molar-refractivity contribution in [2.45, 2.75) is 33.2 Å². The number of likely N-dealkylation sites (tertiary alicyclic amines) is 1. The molecule has 0 saturated carbocycles. The van der Waals surface area contributed by atoms with Crippen LogP contribution in [0.1, 0.15) is 26.1 Å². The Bertz CT molecular complexity index is 466. The molecule has 0 amide bonds. The molecule has 0 spiro atoms. The summed E-state index contributed by atoms with van der Waals surface area (Å²) in [7, 11) is 0. The van der Waals surface area contributed by atoms with Gasteiger partial charge in [-0.3, -0.25) is 5.10 Å². The van der Waals surface area contributed by atoms with Crippen molar-refractivity contribution >= 4 is 12.2 Å². The summed E-state index contributed by atoms with van der Waals surface area (Å²) in [5.74, 6) is 2.64. The van der Waals surface area contributed by atoms with Crippen LogP contribution >= 0.6 is 12.2 Å². The van der Waals surface area contributed by atoms with Crippen LogP contribution in [0, 0.1) is 16.6 Å². The number of allylic oxidation sites excluding steroid dienone is 1. The molecule has 0 bridgehead atoms. The smallest absolute Gasteiger partial charge is 0.195 e. The van der Waals surface area contributed by atoms with E-state index in [9.17, 15) is 0 Å². The van der Waals surface area contributed by atoms with Crippen LogP contribution in [0.4, 0.5) is 0 Å². The molecular formula is C14H24N4S. The summed E-state index contributed by atoms with van der Waals surface area (Å²) in [6, 6.07) is 0. The second-order valence-corrected chi connectivity index (χ2v) is 6.19. The predicted molar refractivity (Wildman–Crippen MR) is 80.7 cm³/mol. The molecule has 2 atom stereocenters. The van der Waals surface area contributed by atoms with E-state index in [4.69, 9.17) is 12.2 Å². The highest BCUT2D eigenvalue weighted by Gasteiger charge is 2.21. The largest absolute Gasteiger partial charge is 0.302 e. The standard InChI is InChI=1S/C14H24N4S/c1-4-6-18-13(15-16-14(18)19)5-7-17-9-11(2)8-12(3)10-17/h4,11-12H,1,5-10H2,2-3H3,(H,16,19)/t11-,12-/m1/s1. The number of nitrogens with zero attached hydrogens (tertiary/aromatic N) is 3. The van der Waals surface area contributed by atoms with Crippen molar-refractivity contribution < 1.29 is 0 Å². The van der Waals surface area contributed by atoms with Crippen LogP contribution in [0.15, 0.2) is 12.7 Å². The van der Waals surface area contributed by atoms with Gasteiger partial charge in [-0.05, 0) is 30.5 Å². The maximum absolute atomic E-state index is 5.23. The van der Waals surface area contributed by atoms with Gasteiger partial charge in [0.1, 0.15) is 5.82 Å². The Kier molecular flexibility index (Phi) is 4.93. The zero-order valence-electron chi connectivity index (χ0n) is 11.9. The first kappa shape index (κ1) is 14.5. The molecule has 2 heterocycles. The molecule has 4 nitrogen and oxygen atoms in total. The van der Waals surface area contributed by atoms with Crippen molar-refractivity contribution in [2.24, 2.45) is 11.8 Å². The fourth-order valence-electron chi connectivity index (χ4n) is 3.09. The van der Waals surface area contributed by atoms with Crippen LogP contribution in [0.2, 0.25) is 0 Å². The van der Waals surface area contributed by atoms with Gasteiger partial charge < -0.3 is 9.47 Å². The number of nitrogens with one attached hydrogen (secondary N) is 1. The van der Waals surface area contributed by atoms with E-state index in [1.165, 1.54) is 19.5 Å². The maximum Gasteiger partial charge on any atom is 0.195 e. The summed E-state index contributed by atoms with van der Waals surface area (Å²) in [5, 5.41) is 7.20. The first-order valence-corrected chi connectivity index (χ1v) is 7.48. The van der Waals surface area contributed by atoms with Crippen LogP contribution in [0.5, 0.6) is 0 Å². The molecule has 1 N–H and O–H groups in total. The van der Waals surface area contributed by atoms with E-state index in [0.29, 0.717) is 4.77 Å². The molecule has 1 aromatic heterocycles. The molecule has 1 aromatic rings. The summed E-state index contributed by atoms with van der Waals surface area (Å²) in [6.07, 6.45) is 4.16. The quantitative estimate of drug-likeness (QED) is 0.665. The molecular weight excluding hydrogens is 256 g/mol. The molecule has 5 heteroatoms. The Morgan fingerprint density at radius 2 is 2.11 bits per heavy atom. The van der Waals surface area contributed by atoms with Crippen molar-refractivity contribution in [1.29, 1.82) is 0 Å².